The van der Waals surface area contributed by atoms with E-state index in [4.69, 9.17) is 4.74 Å². The molecule has 0 aromatic heterocycles. The van der Waals surface area contributed by atoms with Crippen LogP contribution in [0.5, 0.6) is 0 Å². The standard InChI is InChI=1S/C30H48N6O6/c1-18-11-10-14-21-24(18)34-36(33-21)20-15-23-25(37)32-30(27(39)40)16-19(30)12-8-6-5-7-9-13-22(26(38)35(23)17-20)31-28(41)42-29(2,3)4/h8,12,18-24,33-34H,5-7,9-11,13-17H2,1-4H3,(H,31,41)(H,32,37)(H,39,40)/b12-8-/t18?,19-,20+,21?,22+,23+,24?,30-/m1/s1. The van der Waals surface area contributed by atoms with Crippen molar-refractivity contribution < 1.29 is 29.0 Å². The number of hydrogen-bond donors (Lipinski definition) is 5. The third kappa shape index (κ3) is 6.60. The van der Waals surface area contributed by atoms with Crippen LogP contribution < -0.4 is 21.5 Å². The highest BCUT2D eigenvalue weighted by atomic mass is 16.6. The Morgan fingerprint density at radius 3 is 2.60 bits per heavy atom. The van der Waals surface area contributed by atoms with Gasteiger partial charge in [-0.3, -0.25) is 9.59 Å². The molecule has 2 saturated heterocycles. The van der Waals surface area contributed by atoms with Gasteiger partial charge in [-0.15, -0.1) is 0 Å². The molecule has 2 saturated carbocycles. The zero-order valence-corrected chi connectivity index (χ0v) is 25.4. The van der Waals surface area contributed by atoms with Crippen LogP contribution in [0.15, 0.2) is 12.2 Å². The minimum Gasteiger partial charge on any atom is -0.479 e. The quantitative estimate of drug-likeness (QED) is 0.313. The summed E-state index contributed by atoms with van der Waals surface area (Å²) in [6.45, 7) is 7.80. The number of nitrogens with zero attached hydrogens (tertiary/aromatic N) is 2. The zero-order valence-electron chi connectivity index (χ0n) is 25.4. The Hall–Kier alpha value is -2.70. The molecule has 3 amide bonds. The van der Waals surface area contributed by atoms with E-state index in [0.717, 1.165) is 38.5 Å². The van der Waals surface area contributed by atoms with Gasteiger partial charge in [0.2, 0.25) is 11.8 Å². The van der Waals surface area contributed by atoms with Crippen LogP contribution in [0.1, 0.15) is 91.9 Å². The molecule has 4 fully saturated rings. The summed E-state index contributed by atoms with van der Waals surface area (Å²) in [6, 6.07) is -1.39. The molecule has 0 spiro atoms. The van der Waals surface area contributed by atoms with Crippen molar-refractivity contribution in [3.8, 4) is 0 Å². The third-order valence-corrected chi connectivity index (χ3v) is 9.51. The summed E-state index contributed by atoms with van der Waals surface area (Å²) in [5.41, 5.74) is 5.08. The molecule has 5 rings (SSSR count). The first-order valence-electron chi connectivity index (χ1n) is 15.7. The van der Waals surface area contributed by atoms with Gasteiger partial charge in [-0.05, 0) is 71.6 Å². The summed E-state index contributed by atoms with van der Waals surface area (Å²) in [5, 5.41) is 17.7. The fourth-order valence-corrected chi connectivity index (χ4v) is 7.08. The highest BCUT2D eigenvalue weighted by molar-refractivity contribution is 5.96. The van der Waals surface area contributed by atoms with Gasteiger partial charge in [0.1, 0.15) is 23.2 Å². The molecule has 5 aliphatic rings. The Morgan fingerprint density at radius 1 is 1.10 bits per heavy atom. The van der Waals surface area contributed by atoms with E-state index in [1.54, 1.807) is 25.7 Å². The highest BCUT2D eigenvalue weighted by Gasteiger charge is 2.61. The van der Waals surface area contributed by atoms with Gasteiger partial charge in [-0.2, -0.15) is 5.12 Å². The number of fused-ring (bicyclic) bond motifs is 3. The van der Waals surface area contributed by atoms with Crippen LogP contribution in [0.4, 0.5) is 4.79 Å². The fraction of sp³-hybridized carbons (Fsp3) is 0.800. The molecule has 3 heterocycles. The van der Waals surface area contributed by atoms with Crippen molar-refractivity contribution in [3.05, 3.63) is 12.2 Å². The SMILES string of the molecule is CC1CCCC2NN([C@H]3C[C@H]4C(=O)N[C@]5(C(=O)O)C[C@H]5/C=C\CCCCC[C@H](NC(=O)OC(C)(C)C)C(=O)N4C3)NC12. The van der Waals surface area contributed by atoms with E-state index in [1.165, 1.54) is 0 Å². The van der Waals surface area contributed by atoms with Gasteiger partial charge in [0.05, 0.1) is 6.04 Å². The maximum Gasteiger partial charge on any atom is 0.408 e. The molecule has 12 nitrogen and oxygen atoms in total. The van der Waals surface area contributed by atoms with Crippen LogP contribution in [0.25, 0.3) is 0 Å². The lowest BCUT2D eigenvalue weighted by molar-refractivity contribution is -0.145. The fourth-order valence-electron chi connectivity index (χ4n) is 7.08. The largest absolute Gasteiger partial charge is 0.479 e. The number of carbonyl (C=O) groups is 4. The van der Waals surface area contributed by atoms with Gasteiger partial charge < -0.3 is 25.4 Å². The lowest BCUT2D eigenvalue weighted by Gasteiger charge is -2.30. The topological polar surface area (TPSA) is 152 Å². The Morgan fingerprint density at radius 2 is 1.88 bits per heavy atom. The molecule has 5 N–H and O–H groups in total. The molecule has 3 aliphatic heterocycles. The van der Waals surface area contributed by atoms with Crippen molar-refractivity contribution >= 4 is 23.9 Å². The van der Waals surface area contributed by atoms with E-state index >= 15 is 0 Å². The molecule has 12 heteroatoms. The van der Waals surface area contributed by atoms with Crippen molar-refractivity contribution in [1.29, 1.82) is 0 Å². The predicted octanol–water partition coefficient (Wildman–Crippen LogP) is 2.21. The third-order valence-electron chi connectivity index (χ3n) is 9.51. The Labute approximate surface area is 248 Å². The number of carboxylic acids is 1. The zero-order chi connectivity index (χ0) is 30.2. The van der Waals surface area contributed by atoms with Crippen molar-refractivity contribution in [2.75, 3.05) is 6.54 Å². The lowest BCUT2D eigenvalue weighted by Crippen LogP contribution is -2.56. The molecular formula is C30H48N6O6. The maximum absolute atomic E-state index is 14.2. The molecule has 0 radical (unpaired) electrons. The van der Waals surface area contributed by atoms with Crippen LogP contribution >= 0.6 is 0 Å². The number of aliphatic carboxylic acids is 1. The lowest BCUT2D eigenvalue weighted by atomic mass is 9.83. The molecule has 42 heavy (non-hydrogen) atoms. The van der Waals surface area contributed by atoms with Crippen LogP contribution in [-0.4, -0.2) is 86.9 Å². The van der Waals surface area contributed by atoms with Crippen molar-refractivity contribution in [2.45, 2.75) is 133 Å². The van der Waals surface area contributed by atoms with E-state index in [9.17, 15) is 24.3 Å². The smallest absolute Gasteiger partial charge is 0.408 e. The second-order valence-electron chi connectivity index (χ2n) is 13.9. The number of alkyl carbamates (subject to hydrolysis) is 1. The second kappa shape index (κ2) is 12.1. The first-order chi connectivity index (χ1) is 19.9. The van der Waals surface area contributed by atoms with Gasteiger partial charge in [0.15, 0.2) is 0 Å². The van der Waals surface area contributed by atoms with Crippen LogP contribution in [-0.2, 0) is 19.1 Å². The van der Waals surface area contributed by atoms with E-state index in [-0.39, 0.29) is 36.5 Å². The Kier molecular flexibility index (Phi) is 8.87. The number of rotatable bonds is 3. The summed E-state index contributed by atoms with van der Waals surface area (Å²) in [4.78, 5) is 54.7. The number of amides is 3. The summed E-state index contributed by atoms with van der Waals surface area (Å²) in [7, 11) is 0. The van der Waals surface area contributed by atoms with E-state index in [1.807, 2.05) is 17.3 Å². The van der Waals surface area contributed by atoms with Gasteiger partial charge >= 0.3 is 12.1 Å². The van der Waals surface area contributed by atoms with Crippen molar-refractivity contribution in [3.63, 3.8) is 0 Å². The number of allylic oxidation sites excluding steroid dienone is 1. The maximum atomic E-state index is 14.2. The average Bonchev–Trinajstić information content (AvgIpc) is 3.23. The number of ether oxygens (including phenoxy) is 1. The molecule has 0 bridgehead atoms. The van der Waals surface area contributed by atoms with Gasteiger partial charge in [0.25, 0.3) is 0 Å². The number of nitrogens with one attached hydrogen (secondary N) is 4. The average molecular weight is 589 g/mol. The molecule has 0 aromatic rings. The molecule has 2 aliphatic carbocycles. The van der Waals surface area contributed by atoms with Crippen LogP contribution in [0.2, 0.25) is 0 Å². The monoisotopic (exact) mass is 588 g/mol. The minimum absolute atomic E-state index is 0.209. The molecule has 234 valence electrons. The Balaban J connectivity index is 1.40. The Bertz CT molecular complexity index is 1090. The highest BCUT2D eigenvalue weighted by Crippen LogP contribution is 2.45. The number of carboxylic acid groups (broad SMARTS) is 1. The number of hydrazine groups is 2. The summed E-state index contributed by atoms with van der Waals surface area (Å²) >= 11 is 0. The van der Waals surface area contributed by atoms with Crippen molar-refractivity contribution in [2.24, 2.45) is 11.8 Å². The summed E-state index contributed by atoms with van der Waals surface area (Å²) < 4.78 is 5.47. The van der Waals surface area contributed by atoms with Crippen LogP contribution in [0.3, 0.4) is 0 Å². The first kappa shape index (κ1) is 30.7. The summed E-state index contributed by atoms with van der Waals surface area (Å²) in [5.74, 6) is -1.67. The molecular weight excluding hydrogens is 540 g/mol. The van der Waals surface area contributed by atoms with Gasteiger partial charge in [0, 0.05) is 24.5 Å². The van der Waals surface area contributed by atoms with E-state index < -0.39 is 41.2 Å². The minimum atomic E-state index is -1.36. The number of carbonyl (C=O) groups excluding carboxylic acids is 3. The first-order valence-corrected chi connectivity index (χ1v) is 15.7. The molecule has 0 aromatic carbocycles. The second-order valence-corrected chi connectivity index (χ2v) is 13.9. The van der Waals surface area contributed by atoms with E-state index in [2.05, 4.69) is 28.4 Å². The van der Waals surface area contributed by atoms with Gasteiger partial charge in [-0.1, -0.05) is 38.3 Å². The van der Waals surface area contributed by atoms with Crippen LogP contribution in [0, 0.1) is 11.8 Å². The van der Waals surface area contributed by atoms with E-state index in [0.29, 0.717) is 31.6 Å². The molecule has 8 atom stereocenters. The molecule has 3 unspecified atom stereocenters. The normalized spacial score (nSPS) is 38.7. The summed E-state index contributed by atoms with van der Waals surface area (Å²) in [6.07, 6.45) is 10.9. The number of hydrogen-bond acceptors (Lipinski definition) is 8. The predicted molar refractivity (Wildman–Crippen MR) is 155 cm³/mol. The van der Waals surface area contributed by atoms with Gasteiger partial charge in [-0.25, -0.2) is 20.4 Å². The van der Waals surface area contributed by atoms with Crippen molar-refractivity contribution in [1.82, 2.24) is 31.5 Å².